The summed E-state index contributed by atoms with van der Waals surface area (Å²) in [6.45, 7) is 5.77. The maximum Gasteiger partial charge on any atom is 0.426 e. The normalized spacial score (nSPS) is 12.9. The van der Waals surface area contributed by atoms with Crippen LogP contribution in [0.5, 0.6) is 5.75 Å². The second kappa shape index (κ2) is 11.9. The van der Waals surface area contributed by atoms with Crippen LogP contribution in [0.15, 0.2) is 72.8 Å². The molecule has 0 heterocycles. The van der Waals surface area contributed by atoms with Gasteiger partial charge in [0.15, 0.2) is 0 Å². The van der Waals surface area contributed by atoms with Crippen molar-refractivity contribution >= 4 is 23.9 Å². The molecule has 1 aliphatic carbocycles. The number of aliphatic carboxylic acids is 1. The fourth-order valence-corrected chi connectivity index (χ4v) is 4.55. The van der Waals surface area contributed by atoms with Crippen LogP contribution >= 0.6 is 0 Å². The van der Waals surface area contributed by atoms with E-state index in [9.17, 15) is 19.2 Å². The van der Waals surface area contributed by atoms with Crippen LogP contribution in [-0.4, -0.2) is 47.2 Å². The number of carbonyl (C=O) groups is 4. The van der Waals surface area contributed by atoms with Crippen LogP contribution in [0.1, 0.15) is 43.4 Å². The summed E-state index contributed by atoms with van der Waals surface area (Å²) in [5, 5.41) is 11.2. The zero-order chi connectivity index (χ0) is 28.9. The molecule has 0 bridgehead atoms. The lowest BCUT2D eigenvalue weighted by Gasteiger charge is -2.22. The third-order valence-corrected chi connectivity index (χ3v) is 6.23. The van der Waals surface area contributed by atoms with Gasteiger partial charge in [-0.15, -0.1) is 0 Å². The number of carbonyl (C=O) groups excluding carboxylic acids is 3. The number of fused-ring (bicyclic) bond motifs is 3. The van der Waals surface area contributed by atoms with E-state index in [1.165, 1.54) is 0 Å². The van der Waals surface area contributed by atoms with Crippen molar-refractivity contribution in [2.75, 3.05) is 6.61 Å². The van der Waals surface area contributed by atoms with Gasteiger partial charge in [-0.1, -0.05) is 60.7 Å². The number of benzene rings is 3. The maximum absolute atomic E-state index is 12.8. The Bertz CT molecular complexity index is 1370. The van der Waals surface area contributed by atoms with Gasteiger partial charge in [-0.25, -0.2) is 15.0 Å². The number of carboxylic acids is 1. The third kappa shape index (κ3) is 6.96. The first kappa shape index (κ1) is 28.2. The molecule has 0 aliphatic heterocycles. The number of carboxylic acid groups (broad SMARTS) is 1. The fraction of sp³-hybridized carbons (Fsp3) is 0.267. The first-order chi connectivity index (χ1) is 19.0. The van der Waals surface area contributed by atoms with Gasteiger partial charge in [0.1, 0.15) is 24.0 Å². The quantitative estimate of drug-likeness (QED) is 0.263. The summed E-state index contributed by atoms with van der Waals surface area (Å²) in [4.78, 5) is 48.2. The third-order valence-electron chi connectivity index (χ3n) is 6.23. The zero-order valence-electron chi connectivity index (χ0n) is 22.4. The lowest BCUT2D eigenvalue weighted by Crippen LogP contribution is -2.54. The molecule has 0 saturated carbocycles. The van der Waals surface area contributed by atoms with Crippen molar-refractivity contribution in [3.05, 3.63) is 89.5 Å². The Morgan fingerprint density at radius 3 is 1.98 bits per heavy atom. The van der Waals surface area contributed by atoms with Gasteiger partial charge in [-0.3, -0.25) is 15.0 Å². The molecule has 0 aromatic heterocycles. The Hall–Kier alpha value is -4.86. The molecule has 10 nitrogen and oxygen atoms in total. The summed E-state index contributed by atoms with van der Waals surface area (Å²) >= 11 is 0. The number of rotatable bonds is 7. The van der Waals surface area contributed by atoms with E-state index in [-0.39, 0.29) is 18.9 Å². The van der Waals surface area contributed by atoms with Crippen molar-refractivity contribution < 1.29 is 33.8 Å². The molecule has 0 spiro atoms. The smallest absolute Gasteiger partial charge is 0.426 e. The van der Waals surface area contributed by atoms with E-state index in [0.717, 1.165) is 22.3 Å². The predicted octanol–water partition coefficient (Wildman–Crippen LogP) is 3.55. The van der Waals surface area contributed by atoms with Crippen molar-refractivity contribution in [3.8, 4) is 16.9 Å². The molecule has 10 heteroatoms. The molecule has 40 heavy (non-hydrogen) atoms. The van der Waals surface area contributed by atoms with Gasteiger partial charge in [-0.2, -0.15) is 0 Å². The Balaban J connectivity index is 1.36. The molecule has 0 fully saturated rings. The van der Waals surface area contributed by atoms with E-state index in [2.05, 4.69) is 16.2 Å². The summed E-state index contributed by atoms with van der Waals surface area (Å²) in [7, 11) is 0. The van der Waals surface area contributed by atoms with Gasteiger partial charge in [-0.05, 0) is 60.7 Å². The van der Waals surface area contributed by atoms with E-state index >= 15 is 0 Å². The van der Waals surface area contributed by atoms with Crippen LogP contribution < -0.4 is 20.9 Å². The molecule has 1 atom stereocenters. The molecule has 0 radical (unpaired) electrons. The van der Waals surface area contributed by atoms with Gasteiger partial charge in [0.05, 0.1) is 0 Å². The number of nitrogens with one attached hydrogen (secondary N) is 3. The minimum Gasteiger partial charge on any atom is -0.488 e. The summed E-state index contributed by atoms with van der Waals surface area (Å²) in [6.07, 6.45) is -0.935. The Kier molecular flexibility index (Phi) is 8.37. The highest BCUT2D eigenvalue weighted by atomic mass is 16.6. The lowest BCUT2D eigenvalue weighted by molar-refractivity contribution is -0.151. The molecule has 4 N–H and O–H groups in total. The number of amides is 3. The molecule has 208 valence electrons. The molecule has 1 aliphatic rings. The Morgan fingerprint density at radius 1 is 0.850 bits per heavy atom. The van der Waals surface area contributed by atoms with E-state index < -0.39 is 35.5 Å². The van der Waals surface area contributed by atoms with Crippen LogP contribution in [0.2, 0.25) is 0 Å². The highest BCUT2D eigenvalue weighted by Gasteiger charge is 2.29. The Morgan fingerprint density at radius 2 is 1.43 bits per heavy atom. The molecular formula is C30H31N3O7. The second-order valence-electron chi connectivity index (χ2n) is 10.3. The number of ether oxygens (including phenoxy) is 2. The molecular weight excluding hydrogens is 514 g/mol. The van der Waals surface area contributed by atoms with Gasteiger partial charge in [0.25, 0.3) is 5.91 Å². The number of hydrazine groups is 1. The van der Waals surface area contributed by atoms with E-state index in [1.807, 2.05) is 69.3 Å². The van der Waals surface area contributed by atoms with Crippen LogP contribution in [0, 0.1) is 0 Å². The monoisotopic (exact) mass is 545 g/mol. The summed E-state index contributed by atoms with van der Waals surface area (Å²) in [6, 6.07) is 21.3. The molecule has 0 saturated heterocycles. The maximum atomic E-state index is 12.8. The second-order valence-corrected chi connectivity index (χ2v) is 10.3. The van der Waals surface area contributed by atoms with Crippen LogP contribution in [0.3, 0.4) is 0 Å². The fourth-order valence-electron chi connectivity index (χ4n) is 4.55. The minimum atomic E-state index is -1.74. The average molecular weight is 546 g/mol. The average Bonchev–Trinajstić information content (AvgIpc) is 3.24. The first-order valence-corrected chi connectivity index (χ1v) is 12.7. The van der Waals surface area contributed by atoms with Crippen molar-refractivity contribution in [2.24, 2.45) is 0 Å². The van der Waals surface area contributed by atoms with Crippen LogP contribution in [0.4, 0.5) is 4.79 Å². The van der Waals surface area contributed by atoms with Crippen molar-refractivity contribution in [3.63, 3.8) is 0 Å². The van der Waals surface area contributed by atoms with Gasteiger partial charge in [0, 0.05) is 12.3 Å². The zero-order valence-corrected chi connectivity index (χ0v) is 22.4. The summed E-state index contributed by atoms with van der Waals surface area (Å²) in [5.41, 5.74) is 8.85. The lowest BCUT2D eigenvalue weighted by atomic mass is 9.98. The molecule has 4 rings (SSSR count). The highest BCUT2D eigenvalue weighted by molar-refractivity contribution is 6.32. The van der Waals surface area contributed by atoms with Crippen LogP contribution in [-0.2, 0) is 25.5 Å². The minimum absolute atomic E-state index is 0.0347. The van der Waals surface area contributed by atoms with Crippen LogP contribution in [0.25, 0.3) is 11.1 Å². The van der Waals surface area contributed by atoms with Gasteiger partial charge in [0.2, 0.25) is 0 Å². The highest BCUT2D eigenvalue weighted by Crippen LogP contribution is 2.44. The van der Waals surface area contributed by atoms with Crippen molar-refractivity contribution in [1.29, 1.82) is 0 Å². The first-order valence-electron chi connectivity index (χ1n) is 12.7. The largest absolute Gasteiger partial charge is 0.488 e. The van der Waals surface area contributed by atoms with Gasteiger partial charge < -0.3 is 19.9 Å². The number of hydrogen-bond acceptors (Lipinski definition) is 6. The van der Waals surface area contributed by atoms with Crippen molar-refractivity contribution in [1.82, 2.24) is 16.2 Å². The molecule has 1 unspecified atom stereocenters. The molecule has 3 amide bonds. The SMILES string of the molecule is CC(C)(C)Oc1ccc(CC(NC(=O)C(=O)O)C(=O)NNC(=O)OCC2c3ccccc3-c3ccccc32)cc1. The van der Waals surface area contributed by atoms with E-state index in [1.54, 1.807) is 24.3 Å². The summed E-state index contributed by atoms with van der Waals surface area (Å²) in [5.74, 6) is -3.46. The van der Waals surface area contributed by atoms with E-state index in [0.29, 0.717) is 11.3 Å². The molecule has 3 aromatic rings. The topological polar surface area (TPSA) is 143 Å². The van der Waals surface area contributed by atoms with E-state index in [4.69, 9.17) is 14.6 Å². The molecule has 3 aromatic carbocycles. The Labute approximate surface area is 231 Å². The predicted molar refractivity (Wildman–Crippen MR) is 146 cm³/mol. The van der Waals surface area contributed by atoms with Crippen molar-refractivity contribution in [2.45, 2.75) is 44.8 Å². The standard InChI is InChI=1S/C30H31N3O7/c1-30(2,3)40-19-14-12-18(13-15-19)16-25(31-27(35)28(36)37)26(34)32-33-29(38)39-17-24-22-10-6-4-8-20(22)21-9-5-7-11-23(21)24/h4-15,24-25H,16-17H2,1-3H3,(H,31,35)(H,32,34)(H,33,38)(H,36,37). The number of hydrogen-bond donors (Lipinski definition) is 4. The van der Waals surface area contributed by atoms with Gasteiger partial charge >= 0.3 is 18.0 Å². The summed E-state index contributed by atoms with van der Waals surface area (Å²) < 4.78 is 11.2.